The highest BCUT2D eigenvalue weighted by atomic mass is 19.4. The Morgan fingerprint density at radius 3 is 2.41 bits per heavy atom. The number of aromatic amines is 1. The van der Waals surface area contributed by atoms with E-state index in [0.717, 1.165) is 10.5 Å². The molecule has 4 aromatic rings. The lowest BCUT2D eigenvalue weighted by Gasteiger charge is -2.37. The van der Waals surface area contributed by atoms with Gasteiger partial charge in [-0.25, -0.2) is 22.5 Å². The summed E-state index contributed by atoms with van der Waals surface area (Å²) in [5.74, 6) is -6.15. The highest BCUT2D eigenvalue weighted by Gasteiger charge is 2.47. The molecular weight excluding hydrogens is 465 g/mol. The van der Waals surface area contributed by atoms with Crippen molar-refractivity contribution < 1.29 is 30.7 Å². The third kappa shape index (κ3) is 3.87. The van der Waals surface area contributed by atoms with Crippen molar-refractivity contribution in [2.75, 3.05) is 13.1 Å². The van der Waals surface area contributed by atoms with Crippen molar-refractivity contribution in [3.8, 4) is 0 Å². The Bertz CT molecular complexity index is 1370. The molecule has 178 valence electrons. The second kappa shape index (κ2) is 8.23. The number of hydrogen-bond acceptors (Lipinski definition) is 3. The molecule has 0 aliphatic carbocycles. The van der Waals surface area contributed by atoms with Crippen LogP contribution >= 0.6 is 0 Å². The van der Waals surface area contributed by atoms with Crippen molar-refractivity contribution >= 4 is 21.9 Å². The topological polar surface area (TPSA) is 44.8 Å². The van der Waals surface area contributed by atoms with E-state index in [1.165, 1.54) is 12.1 Å². The number of nitrogens with zero attached hydrogens (tertiary/aromatic N) is 3. The second-order valence-electron chi connectivity index (χ2n) is 8.32. The van der Waals surface area contributed by atoms with Crippen LogP contribution in [0.2, 0.25) is 0 Å². The molecule has 1 atom stereocenters. The molecule has 5 rings (SSSR count). The lowest BCUT2D eigenvalue weighted by atomic mass is 9.87. The quantitative estimate of drug-likeness (QED) is 0.281. The Hall–Kier alpha value is -3.21. The van der Waals surface area contributed by atoms with Gasteiger partial charge >= 0.3 is 6.18 Å². The van der Waals surface area contributed by atoms with Crippen LogP contribution in [-0.4, -0.2) is 39.1 Å². The maximum Gasteiger partial charge on any atom is 0.411 e. The number of fused-ring (bicyclic) bond motifs is 2. The molecule has 1 unspecified atom stereocenters. The molecule has 0 saturated carbocycles. The fourth-order valence-corrected chi connectivity index (χ4v) is 4.71. The highest BCUT2D eigenvalue weighted by molar-refractivity contribution is 5.82. The third-order valence-corrected chi connectivity index (χ3v) is 6.27. The van der Waals surface area contributed by atoms with Gasteiger partial charge in [-0.05, 0) is 61.7 Å². The van der Waals surface area contributed by atoms with Gasteiger partial charge < -0.3 is 4.98 Å². The Kier molecular flexibility index (Phi) is 5.46. The standard InChI is InChI=1S/C23H17F7N4/c24-12-1-2-16-14(9-12)13(3-6-31-16)11-4-7-34(8-5-11)21(23(28,29)30)22-32-17-10-15(25)18(26)19(27)20(17)33-22/h1-3,6,9-11,21H,4-5,7-8H2,(H,32,33). The molecule has 0 amide bonds. The molecule has 4 nitrogen and oxygen atoms in total. The number of benzene rings is 2. The van der Waals surface area contributed by atoms with Crippen molar-refractivity contribution in [1.29, 1.82) is 0 Å². The maximum absolute atomic E-state index is 14.1. The normalized spacial score (nSPS) is 17.0. The minimum absolute atomic E-state index is 0.0240. The van der Waals surface area contributed by atoms with Gasteiger partial charge in [0.1, 0.15) is 17.2 Å². The predicted octanol–water partition coefficient (Wildman–Crippen LogP) is 6.15. The number of piperidine rings is 1. The van der Waals surface area contributed by atoms with Crippen molar-refractivity contribution in [3.63, 3.8) is 0 Å². The number of nitrogens with one attached hydrogen (secondary N) is 1. The average molecular weight is 482 g/mol. The SMILES string of the molecule is Fc1ccc2nccc(C3CCN(C(c4nc5c(F)c(F)c(F)cc5[nH]4)C(F)(F)F)CC3)c2c1. The first kappa shape index (κ1) is 22.6. The monoisotopic (exact) mass is 482 g/mol. The minimum Gasteiger partial charge on any atom is -0.340 e. The van der Waals surface area contributed by atoms with E-state index in [2.05, 4.69) is 15.0 Å². The average Bonchev–Trinajstić information content (AvgIpc) is 3.20. The molecule has 1 aliphatic rings. The first-order chi connectivity index (χ1) is 16.1. The van der Waals surface area contributed by atoms with Crippen molar-refractivity contribution in [2.45, 2.75) is 31.0 Å². The maximum atomic E-state index is 14.1. The Morgan fingerprint density at radius 1 is 0.971 bits per heavy atom. The van der Waals surface area contributed by atoms with Crippen molar-refractivity contribution in [3.05, 3.63) is 71.2 Å². The summed E-state index contributed by atoms with van der Waals surface area (Å²) >= 11 is 0. The van der Waals surface area contributed by atoms with Gasteiger partial charge in [-0.2, -0.15) is 13.2 Å². The van der Waals surface area contributed by atoms with Gasteiger partial charge in [-0.15, -0.1) is 0 Å². The van der Waals surface area contributed by atoms with Gasteiger partial charge in [0.2, 0.25) is 0 Å². The number of pyridine rings is 1. The summed E-state index contributed by atoms with van der Waals surface area (Å²) in [5, 5.41) is 0.616. The summed E-state index contributed by atoms with van der Waals surface area (Å²) in [5.41, 5.74) is 0.354. The molecule has 0 spiro atoms. The van der Waals surface area contributed by atoms with E-state index < -0.39 is 46.8 Å². The predicted molar refractivity (Wildman–Crippen MR) is 110 cm³/mol. The highest BCUT2D eigenvalue weighted by Crippen LogP contribution is 2.41. The van der Waals surface area contributed by atoms with E-state index >= 15 is 0 Å². The van der Waals surface area contributed by atoms with Gasteiger partial charge in [0.15, 0.2) is 23.5 Å². The summed E-state index contributed by atoms with van der Waals surface area (Å²) in [6.45, 7) is 0.0481. The number of rotatable bonds is 3. The Labute approximate surface area is 188 Å². The van der Waals surface area contributed by atoms with Crippen molar-refractivity contribution in [1.82, 2.24) is 19.9 Å². The van der Waals surface area contributed by atoms with Crippen LogP contribution in [0, 0.1) is 23.3 Å². The molecule has 0 bridgehead atoms. The van der Waals surface area contributed by atoms with Crippen LogP contribution in [0.5, 0.6) is 0 Å². The molecule has 2 aromatic heterocycles. The van der Waals surface area contributed by atoms with E-state index in [0.29, 0.717) is 29.8 Å². The van der Waals surface area contributed by atoms with E-state index in [9.17, 15) is 30.7 Å². The zero-order valence-corrected chi connectivity index (χ0v) is 17.4. The van der Waals surface area contributed by atoms with Crippen LogP contribution < -0.4 is 0 Å². The van der Waals surface area contributed by atoms with Crippen LogP contribution in [0.4, 0.5) is 30.7 Å². The van der Waals surface area contributed by atoms with E-state index in [-0.39, 0.29) is 24.5 Å². The molecule has 11 heteroatoms. The molecule has 1 fully saturated rings. The van der Waals surface area contributed by atoms with Crippen LogP contribution in [0.25, 0.3) is 21.9 Å². The molecule has 2 aromatic carbocycles. The van der Waals surface area contributed by atoms with Gasteiger partial charge in [0.05, 0.1) is 11.0 Å². The zero-order chi connectivity index (χ0) is 24.2. The summed E-state index contributed by atoms with van der Waals surface area (Å²) in [6.07, 6.45) is -2.50. The molecule has 1 N–H and O–H groups in total. The molecule has 1 saturated heterocycles. The van der Waals surface area contributed by atoms with Crippen LogP contribution in [0.3, 0.4) is 0 Å². The smallest absolute Gasteiger partial charge is 0.340 e. The van der Waals surface area contributed by atoms with Gasteiger partial charge in [0.25, 0.3) is 0 Å². The Balaban J connectivity index is 1.44. The van der Waals surface area contributed by atoms with E-state index in [4.69, 9.17) is 0 Å². The summed E-state index contributed by atoms with van der Waals surface area (Å²) in [4.78, 5) is 11.3. The summed E-state index contributed by atoms with van der Waals surface area (Å²) in [7, 11) is 0. The number of hydrogen-bond donors (Lipinski definition) is 1. The molecular formula is C23H17F7N4. The fraction of sp³-hybridized carbons (Fsp3) is 0.304. The van der Waals surface area contributed by atoms with Crippen LogP contribution in [-0.2, 0) is 0 Å². The first-order valence-corrected chi connectivity index (χ1v) is 10.5. The molecule has 1 aliphatic heterocycles. The number of halogens is 7. The van der Waals surface area contributed by atoms with E-state index in [1.54, 1.807) is 18.3 Å². The van der Waals surface area contributed by atoms with Crippen molar-refractivity contribution in [2.24, 2.45) is 0 Å². The largest absolute Gasteiger partial charge is 0.411 e. The second-order valence-corrected chi connectivity index (χ2v) is 8.32. The first-order valence-electron chi connectivity index (χ1n) is 10.5. The van der Waals surface area contributed by atoms with Gasteiger partial charge in [0, 0.05) is 17.6 Å². The summed E-state index contributed by atoms with van der Waals surface area (Å²) < 4.78 is 97.1. The lowest BCUT2D eigenvalue weighted by Crippen LogP contribution is -2.43. The fourth-order valence-electron chi connectivity index (χ4n) is 4.71. The van der Waals surface area contributed by atoms with Gasteiger partial charge in [-0.3, -0.25) is 9.88 Å². The molecule has 3 heterocycles. The Morgan fingerprint density at radius 2 is 1.71 bits per heavy atom. The number of aromatic nitrogens is 3. The number of imidazole rings is 1. The van der Waals surface area contributed by atoms with Crippen LogP contribution in [0.1, 0.15) is 36.2 Å². The number of alkyl halides is 3. The van der Waals surface area contributed by atoms with Crippen LogP contribution in [0.15, 0.2) is 36.5 Å². The third-order valence-electron chi connectivity index (χ3n) is 6.27. The molecule has 0 radical (unpaired) electrons. The lowest BCUT2D eigenvalue weighted by molar-refractivity contribution is -0.191. The minimum atomic E-state index is -4.78. The number of likely N-dealkylation sites (tertiary alicyclic amines) is 1. The summed E-state index contributed by atoms with van der Waals surface area (Å²) in [6, 6.07) is 4.33. The van der Waals surface area contributed by atoms with E-state index in [1.807, 2.05) is 0 Å². The van der Waals surface area contributed by atoms with Gasteiger partial charge in [-0.1, -0.05) is 0 Å². The zero-order valence-electron chi connectivity index (χ0n) is 17.4. The number of H-pyrrole nitrogens is 1. The molecule has 34 heavy (non-hydrogen) atoms.